The summed E-state index contributed by atoms with van der Waals surface area (Å²) in [6, 6.07) is 21.3. The number of nitrogens with zero attached hydrogens (tertiary/aromatic N) is 1. The molecule has 134 valence electrons. The lowest BCUT2D eigenvalue weighted by Crippen LogP contribution is -2.39. The Hall–Kier alpha value is -3.01. The van der Waals surface area contributed by atoms with Gasteiger partial charge < -0.3 is 14.1 Å². The molecule has 3 aromatic rings. The summed E-state index contributed by atoms with van der Waals surface area (Å²) in [5.41, 5.74) is 2.16. The van der Waals surface area contributed by atoms with Crippen molar-refractivity contribution in [2.75, 3.05) is 0 Å². The number of furan rings is 1. The zero-order valence-electron chi connectivity index (χ0n) is 15.1. The Morgan fingerprint density at radius 1 is 1.04 bits per heavy atom. The van der Waals surface area contributed by atoms with Crippen LogP contribution < -0.4 is 4.74 Å². The van der Waals surface area contributed by atoms with Crippen LogP contribution in [0.2, 0.25) is 0 Å². The second kappa shape index (κ2) is 8.39. The van der Waals surface area contributed by atoms with E-state index in [0.29, 0.717) is 18.8 Å². The van der Waals surface area contributed by atoms with Crippen LogP contribution in [0, 0.1) is 6.92 Å². The number of rotatable bonds is 7. The molecule has 3 rings (SSSR count). The Labute approximate surface area is 154 Å². The highest BCUT2D eigenvalue weighted by Crippen LogP contribution is 2.17. The van der Waals surface area contributed by atoms with Gasteiger partial charge in [0.1, 0.15) is 11.5 Å². The van der Waals surface area contributed by atoms with Crippen LogP contribution in [0.4, 0.5) is 0 Å². The minimum atomic E-state index is -0.588. The molecule has 0 aliphatic carbocycles. The average molecular weight is 349 g/mol. The predicted molar refractivity (Wildman–Crippen MR) is 101 cm³/mol. The molecule has 4 nitrogen and oxygen atoms in total. The molecule has 1 atom stereocenters. The van der Waals surface area contributed by atoms with Gasteiger partial charge in [0.25, 0.3) is 5.91 Å². The van der Waals surface area contributed by atoms with Crippen molar-refractivity contribution in [3.8, 4) is 5.75 Å². The Morgan fingerprint density at radius 3 is 2.54 bits per heavy atom. The fourth-order valence-corrected chi connectivity index (χ4v) is 2.81. The maximum absolute atomic E-state index is 13.0. The monoisotopic (exact) mass is 349 g/mol. The van der Waals surface area contributed by atoms with E-state index in [1.165, 1.54) is 0 Å². The lowest BCUT2D eigenvalue weighted by molar-refractivity contribution is -0.139. The first-order valence-electron chi connectivity index (χ1n) is 8.70. The highest BCUT2D eigenvalue weighted by molar-refractivity contribution is 5.80. The van der Waals surface area contributed by atoms with Crippen LogP contribution in [-0.4, -0.2) is 16.9 Å². The Bertz CT molecular complexity index is 828. The second-order valence-electron chi connectivity index (χ2n) is 6.34. The molecule has 0 saturated heterocycles. The number of benzene rings is 2. The fraction of sp³-hybridized carbons (Fsp3) is 0.227. The molecule has 1 heterocycles. The van der Waals surface area contributed by atoms with E-state index >= 15 is 0 Å². The van der Waals surface area contributed by atoms with E-state index in [1.54, 1.807) is 18.1 Å². The Balaban J connectivity index is 1.74. The lowest BCUT2D eigenvalue weighted by Gasteiger charge is -2.25. The van der Waals surface area contributed by atoms with Crippen LogP contribution in [-0.2, 0) is 17.9 Å². The van der Waals surface area contributed by atoms with Gasteiger partial charge in [-0.2, -0.15) is 0 Å². The van der Waals surface area contributed by atoms with Crippen molar-refractivity contribution < 1.29 is 13.9 Å². The molecule has 26 heavy (non-hydrogen) atoms. The van der Waals surface area contributed by atoms with Gasteiger partial charge in [0.15, 0.2) is 6.10 Å². The fourth-order valence-electron chi connectivity index (χ4n) is 2.81. The summed E-state index contributed by atoms with van der Waals surface area (Å²) in [7, 11) is 0. The molecule has 0 aliphatic heterocycles. The molecule has 0 fully saturated rings. The third-order valence-electron chi connectivity index (χ3n) is 4.10. The third kappa shape index (κ3) is 4.76. The first-order chi connectivity index (χ1) is 12.6. The summed E-state index contributed by atoms with van der Waals surface area (Å²) in [5, 5.41) is 0. The Morgan fingerprint density at radius 2 is 1.85 bits per heavy atom. The first-order valence-corrected chi connectivity index (χ1v) is 8.70. The van der Waals surface area contributed by atoms with Gasteiger partial charge in [-0.1, -0.05) is 42.5 Å². The second-order valence-corrected chi connectivity index (χ2v) is 6.34. The molecule has 0 bridgehead atoms. The minimum Gasteiger partial charge on any atom is -0.481 e. The Kier molecular flexibility index (Phi) is 5.74. The molecular formula is C22H23NO3. The largest absolute Gasteiger partial charge is 0.481 e. The van der Waals surface area contributed by atoms with Crippen molar-refractivity contribution in [1.29, 1.82) is 0 Å². The van der Waals surface area contributed by atoms with Crippen molar-refractivity contribution in [3.05, 3.63) is 89.9 Å². The number of hydrogen-bond donors (Lipinski definition) is 0. The van der Waals surface area contributed by atoms with Gasteiger partial charge >= 0.3 is 0 Å². The summed E-state index contributed by atoms with van der Waals surface area (Å²) in [5.74, 6) is 1.37. The molecule has 1 aromatic heterocycles. The molecule has 0 radical (unpaired) electrons. The zero-order chi connectivity index (χ0) is 18.4. The van der Waals surface area contributed by atoms with Crippen LogP contribution in [0.15, 0.2) is 77.4 Å². The van der Waals surface area contributed by atoms with E-state index in [2.05, 4.69) is 0 Å². The van der Waals surface area contributed by atoms with Crippen molar-refractivity contribution in [2.24, 2.45) is 0 Å². The molecule has 1 amide bonds. The normalized spacial score (nSPS) is 11.8. The third-order valence-corrected chi connectivity index (χ3v) is 4.10. The molecule has 0 N–H and O–H groups in total. The highest BCUT2D eigenvalue weighted by Gasteiger charge is 2.23. The lowest BCUT2D eigenvalue weighted by atomic mass is 10.2. The SMILES string of the molecule is Cc1cccc(OC(C)C(=O)N(Cc2ccccc2)Cc2ccco2)c1. The van der Waals surface area contributed by atoms with Crippen molar-refractivity contribution >= 4 is 5.91 Å². The van der Waals surface area contributed by atoms with E-state index in [-0.39, 0.29) is 5.91 Å². The van der Waals surface area contributed by atoms with E-state index in [1.807, 2.05) is 73.7 Å². The van der Waals surface area contributed by atoms with Crippen LogP contribution in [0.25, 0.3) is 0 Å². The number of amides is 1. The topological polar surface area (TPSA) is 42.7 Å². The summed E-state index contributed by atoms with van der Waals surface area (Å²) in [6.07, 6.45) is 1.03. The number of aryl methyl sites for hydroxylation is 1. The van der Waals surface area contributed by atoms with E-state index in [9.17, 15) is 4.79 Å². The van der Waals surface area contributed by atoms with Crippen molar-refractivity contribution in [3.63, 3.8) is 0 Å². The number of carbonyl (C=O) groups excluding carboxylic acids is 1. The molecule has 0 aliphatic rings. The van der Waals surface area contributed by atoms with E-state index in [0.717, 1.165) is 16.9 Å². The molecule has 1 unspecified atom stereocenters. The predicted octanol–water partition coefficient (Wildman–Crippen LogP) is 4.58. The number of carbonyl (C=O) groups is 1. The quantitative estimate of drug-likeness (QED) is 0.627. The van der Waals surface area contributed by atoms with Crippen LogP contribution >= 0.6 is 0 Å². The zero-order valence-corrected chi connectivity index (χ0v) is 15.1. The maximum atomic E-state index is 13.0. The van der Waals surface area contributed by atoms with Crippen molar-refractivity contribution in [2.45, 2.75) is 33.0 Å². The molecule has 0 spiro atoms. The molecule has 0 saturated carbocycles. The van der Waals surface area contributed by atoms with Crippen LogP contribution in [0.1, 0.15) is 23.8 Å². The van der Waals surface area contributed by atoms with Crippen LogP contribution in [0.5, 0.6) is 5.75 Å². The van der Waals surface area contributed by atoms with Gasteiger partial charge in [-0.3, -0.25) is 4.79 Å². The van der Waals surface area contributed by atoms with Gasteiger partial charge in [-0.05, 0) is 49.2 Å². The number of ether oxygens (including phenoxy) is 1. The molecular weight excluding hydrogens is 326 g/mol. The van der Waals surface area contributed by atoms with Gasteiger partial charge in [-0.25, -0.2) is 0 Å². The van der Waals surface area contributed by atoms with Gasteiger partial charge in [0, 0.05) is 6.54 Å². The smallest absolute Gasteiger partial charge is 0.264 e. The van der Waals surface area contributed by atoms with E-state index < -0.39 is 6.10 Å². The van der Waals surface area contributed by atoms with Crippen LogP contribution in [0.3, 0.4) is 0 Å². The standard InChI is InChI=1S/C22H23NO3/c1-17-8-6-11-20(14-17)26-18(2)22(24)23(16-21-12-7-13-25-21)15-19-9-4-3-5-10-19/h3-14,18H,15-16H2,1-2H3. The maximum Gasteiger partial charge on any atom is 0.264 e. The minimum absolute atomic E-state index is 0.0771. The summed E-state index contributed by atoms with van der Waals surface area (Å²) in [6.45, 7) is 4.69. The van der Waals surface area contributed by atoms with E-state index in [4.69, 9.17) is 9.15 Å². The highest BCUT2D eigenvalue weighted by atomic mass is 16.5. The summed E-state index contributed by atoms with van der Waals surface area (Å²) >= 11 is 0. The number of hydrogen-bond acceptors (Lipinski definition) is 3. The van der Waals surface area contributed by atoms with Crippen molar-refractivity contribution in [1.82, 2.24) is 4.90 Å². The van der Waals surface area contributed by atoms with Gasteiger partial charge in [-0.15, -0.1) is 0 Å². The van der Waals surface area contributed by atoms with Gasteiger partial charge in [0.05, 0.1) is 12.8 Å². The molecule has 4 heteroatoms. The average Bonchev–Trinajstić information content (AvgIpc) is 3.14. The molecule has 2 aromatic carbocycles. The van der Waals surface area contributed by atoms with Gasteiger partial charge in [0.2, 0.25) is 0 Å². The first kappa shape index (κ1) is 17.8. The summed E-state index contributed by atoms with van der Waals surface area (Å²) in [4.78, 5) is 14.8. The summed E-state index contributed by atoms with van der Waals surface area (Å²) < 4.78 is 11.3.